The Labute approximate surface area is 127 Å². The first kappa shape index (κ1) is 14.6. The molecule has 0 saturated carbocycles. The summed E-state index contributed by atoms with van der Waals surface area (Å²) in [7, 11) is 0. The van der Waals surface area contributed by atoms with Gasteiger partial charge in [-0.3, -0.25) is 9.80 Å². The summed E-state index contributed by atoms with van der Waals surface area (Å²) in [5.74, 6) is 5.71. The van der Waals surface area contributed by atoms with Gasteiger partial charge in [0, 0.05) is 37.3 Å². The molecule has 21 heavy (non-hydrogen) atoms. The van der Waals surface area contributed by atoms with Gasteiger partial charge in [0.25, 0.3) is 0 Å². The number of nitrogens with zero attached hydrogens (tertiary/aromatic N) is 2. The first-order valence-electron chi connectivity index (χ1n) is 7.93. The molecule has 2 unspecified atom stereocenters. The Hall–Kier alpha value is -1.34. The molecular formula is C18H24N2O. The molecule has 112 valence electrons. The Morgan fingerprint density at radius 3 is 3.10 bits per heavy atom. The summed E-state index contributed by atoms with van der Waals surface area (Å²) >= 11 is 0. The van der Waals surface area contributed by atoms with Gasteiger partial charge in [-0.25, -0.2) is 0 Å². The number of hydrogen-bond acceptors (Lipinski definition) is 3. The van der Waals surface area contributed by atoms with E-state index in [1.165, 1.54) is 38.0 Å². The fourth-order valence-electron chi connectivity index (χ4n) is 3.59. The number of piperazine rings is 1. The van der Waals surface area contributed by atoms with Gasteiger partial charge in [0.05, 0.1) is 0 Å². The van der Waals surface area contributed by atoms with Crippen molar-refractivity contribution in [2.24, 2.45) is 0 Å². The quantitative estimate of drug-likeness (QED) is 0.837. The molecule has 2 aliphatic rings. The lowest BCUT2D eigenvalue weighted by molar-refractivity contribution is 0.0540. The summed E-state index contributed by atoms with van der Waals surface area (Å²) in [5.41, 5.74) is 2.31. The van der Waals surface area contributed by atoms with Crippen molar-refractivity contribution in [3.05, 3.63) is 35.4 Å². The zero-order valence-corrected chi connectivity index (χ0v) is 12.8. The first-order chi connectivity index (χ1) is 10.3. The van der Waals surface area contributed by atoms with E-state index in [0.29, 0.717) is 6.04 Å². The van der Waals surface area contributed by atoms with E-state index >= 15 is 0 Å². The van der Waals surface area contributed by atoms with Crippen LogP contribution in [0.3, 0.4) is 0 Å². The smallest absolute Gasteiger partial charge is 0.104 e. The topological polar surface area (TPSA) is 26.7 Å². The maximum Gasteiger partial charge on any atom is 0.104 e. The lowest BCUT2D eigenvalue weighted by Crippen LogP contribution is -2.54. The van der Waals surface area contributed by atoms with E-state index < -0.39 is 0 Å². The number of aliphatic hydroxyl groups excluding tert-OH is 1. The van der Waals surface area contributed by atoms with Crippen molar-refractivity contribution in [2.45, 2.75) is 38.4 Å². The van der Waals surface area contributed by atoms with Gasteiger partial charge < -0.3 is 5.11 Å². The molecule has 0 aromatic heterocycles. The van der Waals surface area contributed by atoms with Gasteiger partial charge in [0.15, 0.2) is 0 Å². The number of aliphatic hydroxyl groups is 1. The van der Waals surface area contributed by atoms with Crippen LogP contribution in [0.4, 0.5) is 0 Å². The van der Waals surface area contributed by atoms with Crippen molar-refractivity contribution in [1.29, 1.82) is 0 Å². The monoisotopic (exact) mass is 284 g/mol. The third-order valence-corrected chi connectivity index (χ3v) is 4.69. The molecule has 0 spiro atoms. The molecule has 1 aromatic rings. The highest BCUT2D eigenvalue weighted by molar-refractivity contribution is 5.37. The van der Waals surface area contributed by atoms with Gasteiger partial charge in [0.1, 0.15) is 6.61 Å². The predicted molar refractivity (Wildman–Crippen MR) is 84.9 cm³/mol. The zero-order chi connectivity index (χ0) is 14.7. The SMILES string of the molecule is CC1CN2CCCC2CN1Cc1cccc(C#CCO)c1. The summed E-state index contributed by atoms with van der Waals surface area (Å²) in [6.07, 6.45) is 2.71. The van der Waals surface area contributed by atoms with Gasteiger partial charge in [-0.15, -0.1) is 0 Å². The number of rotatable bonds is 2. The third-order valence-electron chi connectivity index (χ3n) is 4.69. The lowest BCUT2D eigenvalue weighted by atomic mass is 10.1. The Balaban J connectivity index is 1.68. The van der Waals surface area contributed by atoms with Crippen molar-refractivity contribution in [3.8, 4) is 11.8 Å². The van der Waals surface area contributed by atoms with Crippen LogP contribution < -0.4 is 0 Å². The van der Waals surface area contributed by atoms with Crippen LogP contribution in [0.15, 0.2) is 24.3 Å². The van der Waals surface area contributed by atoms with Gasteiger partial charge in [-0.1, -0.05) is 24.0 Å². The molecule has 3 heteroatoms. The number of hydrogen-bond donors (Lipinski definition) is 1. The molecule has 2 saturated heterocycles. The Morgan fingerprint density at radius 2 is 2.24 bits per heavy atom. The second-order valence-corrected chi connectivity index (χ2v) is 6.23. The van der Waals surface area contributed by atoms with E-state index in [1.807, 2.05) is 6.07 Å². The van der Waals surface area contributed by atoms with Gasteiger partial charge in [-0.2, -0.15) is 0 Å². The van der Waals surface area contributed by atoms with Gasteiger partial charge >= 0.3 is 0 Å². The van der Waals surface area contributed by atoms with Crippen molar-refractivity contribution in [1.82, 2.24) is 9.80 Å². The van der Waals surface area contributed by atoms with Crippen molar-refractivity contribution in [2.75, 3.05) is 26.2 Å². The average molecular weight is 284 g/mol. The van der Waals surface area contributed by atoms with Crippen LogP contribution in [0, 0.1) is 11.8 Å². The van der Waals surface area contributed by atoms with Crippen LogP contribution in [-0.4, -0.2) is 53.2 Å². The van der Waals surface area contributed by atoms with E-state index in [4.69, 9.17) is 5.11 Å². The predicted octanol–water partition coefficient (Wildman–Crippen LogP) is 1.70. The summed E-state index contributed by atoms with van der Waals surface area (Å²) in [6.45, 7) is 6.94. The highest BCUT2D eigenvalue weighted by Gasteiger charge is 2.34. The van der Waals surface area contributed by atoms with Crippen LogP contribution in [0.5, 0.6) is 0 Å². The fourth-order valence-corrected chi connectivity index (χ4v) is 3.59. The maximum absolute atomic E-state index is 8.79. The standard InChI is InChI=1S/C18H24N2O/c1-15-12-19-9-3-8-18(19)14-20(15)13-17-6-2-5-16(11-17)7-4-10-21/h2,5-6,11,15,18,21H,3,8-10,12-14H2,1H3. The zero-order valence-electron chi connectivity index (χ0n) is 12.8. The minimum absolute atomic E-state index is 0.0785. The highest BCUT2D eigenvalue weighted by atomic mass is 16.2. The molecule has 0 amide bonds. The normalized spacial score (nSPS) is 26.2. The van der Waals surface area contributed by atoms with Crippen molar-refractivity contribution in [3.63, 3.8) is 0 Å². The summed E-state index contributed by atoms with van der Waals surface area (Å²) < 4.78 is 0. The molecule has 1 N–H and O–H groups in total. The molecule has 2 aliphatic heterocycles. The van der Waals surface area contributed by atoms with Crippen molar-refractivity contribution >= 4 is 0 Å². The molecule has 0 bridgehead atoms. The molecule has 0 aliphatic carbocycles. The van der Waals surface area contributed by atoms with Crippen LogP contribution in [0.25, 0.3) is 0 Å². The van der Waals surface area contributed by atoms with E-state index in [9.17, 15) is 0 Å². The fraction of sp³-hybridized carbons (Fsp3) is 0.556. The molecule has 1 aromatic carbocycles. The first-order valence-corrected chi connectivity index (χ1v) is 7.93. The Kier molecular flexibility index (Phi) is 4.60. The highest BCUT2D eigenvalue weighted by Crippen LogP contribution is 2.25. The van der Waals surface area contributed by atoms with E-state index in [2.05, 4.69) is 46.8 Å². The van der Waals surface area contributed by atoms with Gasteiger partial charge in [-0.05, 0) is 44.0 Å². The second kappa shape index (κ2) is 6.62. The van der Waals surface area contributed by atoms with Crippen LogP contribution in [-0.2, 0) is 6.54 Å². The molecule has 2 fully saturated rings. The molecule has 3 rings (SSSR count). The summed E-state index contributed by atoms with van der Waals surface area (Å²) in [6, 6.07) is 9.77. The van der Waals surface area contributed by atoms with Crippen LogP contribution >= 0.6 is 0 Å². The minimum atomic E-state index is -0.0785. The summed E-state index contributed by atoms with van der Waals surface area (Å²) in [4.78, 5) is 5.26. The Morgan fingerprint density at radius 1 is 1.33 bits per heavy atom. The van der Waals surface area contributed by atoms with E-state index in [1.54, 1.807) is 0 Å². The number of benzene rings is 1. The van der Waals surface area contributed by atoms with Crippen LogP contribution in [0.2, 0.25) is 0 Å². The number of fused-ring (bicyclic) bond motifs is 1. The maximum atomic E-state index is 8.79. The molecule has 2 heterocycles. The average Bonchev–Trinajstić information content (AvgIpc) is 2.93. The Bertz CT molecular complexity index is 546. The van der Waals surface area contributed by atoms with Crippen LogP contribution in [0.1, 0.15) is 30.9 Å². The van der Waals surface area contributed by atoms with E-state index in [0.717, 1.165) is 18.2 Å². The second-order valence-electron chi connectivity index (χ2n) is 6.23. The largest absolute Gasteiger partial charge is 0.384 e. The molecule has 2 atom stereocenters. The van der Waals surface area contributed by atoms with Crippen molar-refractivity contribution < 1.29 is 5.11 Å². The molecule has 3 nitrogen and oxygen atoms in total. The third kappa shape index (κ3) is 3.47. The summed E-state index contributed by atoms with van der Waals surface area (Å²) in [5, 5.41) is 8.79. The van der Waals surface area contributed by atoms with E-state index in [-0.39, 0.29) is 6.61 Å². The minimum Gasteiger partial charge on any atom is -0.384 e. The molecule has 0 radical (unpaired) electrons. The van der Waals surface area contributed by atoms with Gasteiger partial charge in [0.2, 0.25) is 0 Å². The molecular weight excluding hydrogens is 260 g/mol. The lowest BCUT2D eigenvalue weighted by Gasteiger charge is -2.42.